The Kier molecular flexibility index (Phi) is 5.13. The fourth-order valence-corrected chi connectivity index (χ4v) is 1.23. The summed E-state index contributed by atoms with van der Waals surface area (Å²) in [6.07, 6.45) is 0. The summed E-state index contributed by atoms with van der Waals surface area (Å²) in [7, 11) is 2.67. The molecule has 6 heteroatoms. The molecule has 0 bridgehead atoms. The number of methoxy groups -OCH3 is 2. The van der Waals surface area contributed by atoms with E-state index in [1.807, 2.05) is 0 Å². The highest BCUT2D eigenvalue weighted by atomic mass is 17.2. The Balaban J connectivity index is 3.03. The molecule has 1 aromatic rings. The maximum absolute atomic E-state index is 11.6. The number of ether oxygens (including phenoxy) is 2. The van der Waals surface area contributed by atoms with Crippen molar-refractivity contribution >= 4 is 11.9 Å². The summed E-state index contributed by atoms with van der Waals surface area (Å²) in [6.45, 7) is 1.91. The van der Waals surface area contributed by atoms with Crippen molar-refractivity contribution in [3.8, 4) is 5.75 Å². The van der Waals surface area contributed by atoms with Gasteiger partial charge in [0, 0.05) is 0 Å². The van der Waals surface area contributed by atoms with Crippen molar-refractivity contribution in [3.05, 3.63) is 29.3 Å². The van der Waals surface area contributed by atoms with Crippen LogP contribution >= 0.6 is 0 Å². The first kappa shape index (κ1) is 14.0. The molecule has 6 nitrogen and oxygen atoms in total. The summed E-state index contributed by atoms with van der Waals surface area (Å²) in [4.78, 5) is 32.0. The second-order valence-corrected chi connectivity index (χ2v) is 3.22. The number of hydrogen-bond acceptors (Lipinski definition) is 6. The van der Waals surface area contributed by atoms with Crippen LogP contribution in [0.15, 0.2) is 18.2 Å². The van der Waals surface area contributed by atoms with Gasteiger partial charge in [-0.25, -0.2) is 9.59 Å². The summed E-state index contributed by atoms with van der Waals surface area (Å²) in [6, 6.07) is 4.24. The van der Waals surface area contributed by atoms with E-state index in [0.717, 1.165) is 0 Å². The van der Waals surface area contributed by atoms with Crippen LogP contribution in [0.1, 0.15) is 27.6 Å². The molecule has 0 aliphatic carbocycles. The summed E-state index contributed by atoms with van der Waals surface area (Å²) < 4.78 is 9.56. The van der Waals surface area contributed by atoms with Crippen LogP contribution in [0.3, 0.4) is 0 Å². The minimum absolute atomic E-state index is 0.142. The molecule has 18 heavy (non-hydrogen) atoms. The first-order valence-corrected chi connectivity index (χ1v) is 5.23. The van der Waals surface area contributed by atoms with Crippen LogP contribution < -0.4 is 4.74 Å². The van der Waals surface area contributed by atoms with Gasteiger partial charge in [0.25, 0.3) is 0 Å². The van der Waals surface area contributed by atoms with E-state index >= 15 is 0 Å². The number of hydrogen-bond donors (Lipinski definition) is 0. The van der Waals surface area contributed by atoms with Crippen LogP contribution in [0.4, 0.5) is 0 Å². The molecule has 0 saturated carbocycles. The molecule has 1 rings (SSSR count). The lowest BCUT2D eigenvalue weighted by Crippen LogP contribution is -2.09. The molecule has 0 radical (unpaired) electrons. The van der Waals surface area contributed by atoms with Crippen molar-refractivity contribution in [2.24, 2.45) is 0 Å². The average molecular weight is 254 g/mol. The zero-order valence-electron chi connectivity index (χ0n) is 10.4. The molecule has 0 N–H and O–H groups in total. The molecule has 0 spiro atoms. The Morgan fingerprint density at radius 3 is 2.17 bits per heavy atom. The van der Waals surface area contributed by atoms with Gasteiger partial charge in [0.2, 0.25) is 0 Å². The van der Waals surface area contributed by atoms with Gasteiger partial charge in [-0.3, -0.25) is 4.89 Å². The van der Waals surface area contributed by atoms with Gasteiger partial charge in [0.05, 0.1) is 32.0 Å². The molecule has 98 valence electrons. The van der Waals surface area contributed by atoms with Gasteiger partial charge < -0.3 is 9.47 Å². The molecule has 0 aromatic heterocycles. The van der Waals surface area contributed by atoms with Gasteiger partial charge in [0.1, 0.15) is 5.75 Å². The maximum atomic E-state index is 11.6. The van der Waals surface area contributed by atoms with Gasteiger partial charge in [0.15, 0.2) is 0 Å². The van der Waals surface area contributed by atoms with Crippen LogP contribution in [-0.2, 0) is 14.5 Å². The third-order valence-electron chi connectivity index (χ3n) is 2.05. The minimum atomic E-state index is -0.707. The maximum Gasteiger partial charge on any atom is 0.373 e. The van der Waals surface area contributed by atoms with Crippen LogP contribution in [0.2, 0.25) is 0 Å². The highest BCUT2D eigenvalue weighted by Gasteiger charge is 2.15. The van der Waals surface area contributed by atoms with Crippen LogP contribution in [-0.4, -0.2) is 32.8 Å². The largest absolute Gasteiger partial charge is 0.497 e. The van der Waals surface area contributed by atoms with Crippen molar-refractivity contribution in [2.75, 3.05) is 20.8 Å². The topological polar surface area (TPSA) is 71.1 Å². The lowest BCUT2D eigenvalue weighted by Gasteiger charge is -2.07. The van der Waals surface area contributed by atoms with E-state index in [2.05, 4.69) is 14.5 Å². The van der Waals surface area contributed by atoms with Crippen molar-refractivity contribution in [1.82, 2.24) is 0 Å². The molecule has 0 aliphatic rings. The average Bonchev–Trinajstić information content (AvgIpc) is 2.43. The van der Waals surface area contributed by atoms with Crippen LogP contribution in [0, 0.1) is 0 Å². The number of benzene rings is 1. The molecule has 0 heterocycles. The zero-order chi connectivity index (χ0) is 13.5. The first-order valence-electron chi connectivity index (χ1n) is 5.23. The summed E-state index contributed by atoms with van der Waals surface area (Å²) in [5, 5.41) is 0. The molecule has 0 saturated heterocycles. The van der Waals surface area contributed by atoms with Gasteiger partial charge in [-0.2, -0.15) is 4.89 Å². The minimum Gasteiger partial charge on any atom is -0.497 e. The molecule has 1 aromatic carbocycles. The SMILES string of the molecule is CCOOC(=O)c1cc(OC)cc(C(=O)OC)c1. The number of rotatable bonds is 5. The number of esters is 1. The van der Waals surface area contributed by atoms with Gasteiger partial charge in [-0.1, -0.05) is 0 Å². The Bertz CT molecular complexity index is 440. The standard InChI is InChI=1S/C12H14O6/c1-4-17-18-12(14)9-5-8(11(13)16-3)6-10(7-9)15-2/h5-7H,4H2,1-3H3. The molecular weight excluding hydrogens is 240 g/mol. The van der Waals surface area contributed by atoms with Crippen LogP contribution in [0.25, 0.3) is 0 Å². The summed E-state index contributed by atoms with van der Waals surface area (Å²) in [5.41, 5.74) is 0.337. The van der Waals surface area contributed by atoms with E-state index in [-0.39, 0.29) is 17.7 Å². The first-order chi connectivity index (χ1) is 8.62. The molecule has 0 atom stereocenters. The fraction of sp³-hybridized carbons (Fsp3) is 0.333. The Hall–Kier alpha value is -2.08. The highest BCUT2D eigenvalue weighted by molar-refractivity contribution is 5.95. The third kappa shape index (κ3) is 3.46. The van der Waals surface area contributed by atoms with Crippen molar-refractivity contribution in [3.63, 3.8) is 0 Å². The van der Waals surface area contributed by atoms with E-state index in [1.54, 1.807) is 6.92 Å². The monoisotopic (exact) mass is 254 g/mol. The van der Waals surface area contributed by atoms with Crippen molar-refractivity contribution in [2.45, 2.75) is 6.92 Å². The van der Waals surface area contributed by atoms with E-state index < -0.39 is 11.9 Å². The zero-order valence-corrected chi connectivity index (χ0v) is 10.4. The van der Waals surface area contributed by atoms with Crippen LogP contribution in [0.5, 0.6) is 5.75 Å². The van der Waals surface area contributed by atoms with Gasteiger partial charge in [-0.05, 0) is 25.1 Å². The predicted octanol–water partition coefficient (Wildman–Crippen LogP) is 1.59. The second-order valence-electron chi connectivity index (χ2n) is 3.22. The summed E-state index contributed by atoms with van der Waals surface area (Å²) in [5.74, 6) is -0.929. The predicted molar refractivity (Wildman–Crippen MR) is 61.4 cm³/mol. The van der Waals surface area contributed by atoms with Gasteiger partial charge in [-0.15, -0.1) is 0 Å². The fourth-order valence-electron chi connectivity index (χ4n) is 1.23. The lowest BCUT2D eigenvalue weighted by molar-refractivity contribution is -0.236. The quantitative estimate of drug-likeness (QED) is 0.451. The second kappa shape index (κ2) is 6.61. The van der Waals surface area contributed by atoms with Crippen molar-refractivity contribution < 1.29 is 28.8 Å². The van der Waals surface area contributed by atoms with Crippen molar-refractivity contribution in [1.29, 1.82) is 0 Å². The molecule has 0 fully saturated rings. The van der Waals surface area contributed by atoms with Gasteiger partial charge >= 0.3 is 11.9 Å². The Morgan fingerprint density at radius 1 is 1.06 bits per heavy atom. The summed E-state index contributed by atoms with van der Waals surface area (Å²) >= 11 is 0. The Labute approximate surface area is 104 Å². The van der Waals surface area contributed by atoms with E-state index in [9.17, 15) is 9.59 Å². The lowest BCUT2D eigenvalue weighted by atomic mass is 10.1. The van der Waals surface area contributed by atoms with E-state index in [1.165, 1.54) is 32.4 Å². The number of carbonyl (C=O) groups is 2. The molecule has 0 amide bonds. The molecular formula is C12H14O6. The smallest absolute Gasteiger partial charge is 0.373 e. The van der Waals surface area contributed by atoms with E-state index in [0.29, 0.717) is 5.75 Å². The molecule has 0 aliphatic heterocycles. The highest BCUT2D eigenvalue weighted by Crippen LogP contribution is 2.18. The third-order valence-corrected chi connectivity index (χ3v) is 2.05. The normalized spacial score (nSPS) is 9.72. The molecule has 0 unspecified atom stereocenters. The van der Waals surface area contributed by atoms with E-state index in [4.69, 9.17) is 4.74 Å². The number of carbonyl (C=O) groups excluding carboxylic acids is 2. The Morgan fingerprint density at radius 2 is 1.67 bits per heavy atom.